The van der Waals surface area contributed by atoms with Crippen LogP contribution in [-0.4, -0.2) is 30.1 Å². The fourth-order valence-electron chi connectivity index (χ4n) is 3.89. The van der Waals surface area contributed by atoms with Crippen molar-refractivity contribution < 1.29 is 13.2 Å². The number of hydrogen-bond acceptors (Lipinski definition) is 7. The number of nitrogens with zero attached hydrogens (tertiary/aromatic N) is 3. The Bertz CT molecular complexity index is 1490. The van der Waals surface area contributed by atoms with Crippen LogP contribution in [0.4, 0.5) is 10.8 Å². The molecule has 0 saturated carbocycles. The molecule has 4 aromatic rings. The third-order valence-corrected chi connectivity index (χ3v) is 7.99. The quantitative estimate of drug-likeness (QED) is 0.411. The Kier molecular flexibility index (Phi) is 5.80. The van der Waals surface area contributed by atoms with Gasteiger partial charge in [0, 0.05) is 11.1 Å². The van der Waals surface area contributed by atoms with Gasteiger partial charge in [-0.15, -0.1) is 10.2 Å². The highest BCUT2D eigenvalue weighted by atomic mass is 32.2. The summed E-state index contributed by atoms with van der Waals surface area (Å²) in [6.45, 7) is 1.93. The van der Waals surface area contributed by atoms with Crippen LogP contribution in [0.25, 0.3) is 0 Å². The molecule has 1 atom stereocenters. The number of ketones is 1. The van der Waals surface area contributed by atoms with Crippen molar-refractivity contribution in [1.82, 2.24) is 10.2 Å². The second kappa shape index (κ2) is 8.92. The van der Waals surface area contributed by atoms with Gasteiger partial charge in [-0.1, -0.05) is 72.9 Å². The van der Waals surface area contributed by atoms with Crippen molar-refractivity contribution in [3.05, 3.63) is 101 Å². The standard InChI is InChI=1S/C25H20N4O3S2/c1-2-21-27-28-25(33-21)29-34(31,32)18-14-12-17(13-15-18)26-23-19-10-6-7-11-20(19)24(30)22(23)16-8-4-3-5-9-16/h3-15,22H,2H2,1H3,(H,28,29). The fourth-order valence-corrected chi connectivity index (χ4v) is 5.80. The molecule has 1 aliphatic carbocycles. The number of anilines is 1. The van der Waals surface area contributed by atoms with Crippen LogP contribution in [0.2, 0.25) is 0 Å². The molecule has 1 aromatic heterocycles. The molecule has 1 N–H and O–H groups in total. The van der Waals surface area contributed by atoms with E-state index in [0.717, 1.165) is 16.1 Å². The van der Waals surface area contributed by atoms with E-state index in [1.54, 1.807) is 12.1 Å². The van der Waals surface area contributed by atoms with Crippen LogP contribution in [0.1, 0.15) is 39.3 Å². The molecular weight excluding hydrogens is 468 g/mol. The molecule has 9 heteroatoms. The Balaban J connectivity index is 1.48. The van der Waals surface area contributed by atoms with E-state index in [1.165, 1.54) is 23.5 Å². The van der Waals surface area contributed by atoms with Crippen LogP contribution < -0.4 is 4.72 Å². The highest BCUT2D eigenvalue weighted by Crippen LogP contribution is 2.36. The summed E-state index contributed by atoms with van der Waals surface area (Å²) in [6, 6.07) is 23.2. The lowest BCUT2D eigenvalue weighted by Crippen LogP contribution is -2.14. The van der Waals surface area contributed by atoms with Gasteiger partial charge >= 0.3 is 0 Å². The Labute approximate surface area is 201 Å². The molecule has 170 valence electrons. The van der Waals surface area contributed by atoms with E-state index in [1.807, 2.05) is 61.5 Å². The van der Waals surface area contributed by atoms with Gasteiger partial charge < -0.3 is 0 Å². The SMILES string of the molecule is CCc1nnc(NS(=O)(=O)c2ccc(N=C3c4ccccc4C(=O)C3c3ccccc3)cc2)s1. The monoisotopic (exact) mass is 488 g/mol. The molecule has 0 bridgehead atoms. The number of aliphatic imine (C=N–C) groups is 1. The summed E-state index contributed by atoms with van der Waals surface area (Å²) in [5.74, 6) is -0.499. The molecule has 1 unspecified atom stereocenters. The number of sulfonamides is 1. The number of fused-ring (bicyclic) bond motifs is 1. The number of aromatic nitrogens is 2. The molecule has 0 fully saturated rings. The smallest absolute Gasteiger partial charge is 0.263 e. The second-order valence-corrected chi connectivity index (χ2v) is 10.4. The van der Waals surface area contributed by atoms with Gasteiger partial charge in [0.1, 0.15) is 5.01 Å². The van der Waals surface area contributed by atoms with Crippen LogP contribution in [-0.2, 0) is 16.4 Å². The zero-order chi connectivity index (χ0) is 23.7. The largest absolute Gasteiger partial charge is 0.293 e. The van der Waals surface area contributed by atoms with E-state index in [9.17, 15) is 13.2 Å². The minimum Gasteiger partial charge on any atom is -0.293 e. The minimum atomic E-state index is -3.81. The highest BCUT2D eigenvalue weighted by molar-refractivity contribution is 7.93. The molecule has 34 heavy (non-hydrogen) atoms. The third kappa shape index (κ3) is 4.15. The van der Waals surface area contributed by atoms with Crippen LogP contribution in [0.5, 0.6) is 0 Å². The lowest BCUT2D eigenvalue weighted by Gasteiger charge is -2.11. The molecule has 0 saturated heterocycles. The molecule has 1 heterocycles. The molecule has 0 aliphatic heterocycles. The summed E-state index contributed by atoms with van der Waals surface area (Å²) in [7, 11) is -3.81. The lowest BCUT2D eigenvalue weighted by molar-refractivity contribution is 0.0988. The number of benzene rings is 3. The Morgan fingerprint density at radius 3 is 2.26 bits per heavy atom. The zero-order valence-electron chi connectivity index (χ0n) is 18.2. The molecule has 0 radical (unpaired) electrons. The first kappa shape index (κ1) is 22.1. The van der Waals surface area contributed by atoms with Crippen LogP contribution in [0.3, 0.4) is 0 Å². The van der Waals surface area contributed by atoms with Gasteiger partial charge in [-0.3, -0.25) is 14.5 Å². The summed E-state index contributed by atoms with van der Waals surface area (Å²) < 4.78 is 28.0. The number of nitrogens with one attached hydrogen (secondary N) is 1. The number of carbonyl (C=O) groups is 1. The van der Waals surface area contributed by atoms with Crippen molar-refractivity contribution in [3.63, 3.8) is 0 Å². The van der Waals surface area contributed by atoms with E-state index < -0.39 is 15.9 Å². The van der Waals surface area contributed by atoms with Gasteiger partial charge in [0.15, 0.2) is 5.78 Å². The van der Waals surface area contributed by atoms with Crippen molar-refractivity contribution in [2.24, 2.45) is 4.99 Å². The molecule has 3 aromatic carbocycles. The number of aryl methyl sites for hydroxylation is 1. The summed E-state index contributed by atoms with van der Waals surface area (Å²) in [5.41, 5.74) is 3.52. The Morgan fingerprint density at radius 1 is 0.912 bits per heavy atom. The van der Waals surface area contributed by atoms with Gasteiger partial charge in [0.2, 0.25) is 5.13 Å². The van der Waals surface area contributed by atoms with Gasteiger partial charge in [-0.05, 0) is 36.2 Å². The first-order chi connectivity index (χ1) is 16.5. The molecular formula is C25H20N4O3S2. The average Bonchev–Trinajstić information content (AvgIpc) is 3.42. The summed E-state index contributed by atoms with van der Waals surface area (Å²) in [6.07, 6.45) is 0.685. The normalized spacial score (nSPS) is 16.6. The van der Waals surface area contributed by atoms with Gasteiger partial charge in [-0.2, -0.15) is 0 Å². The van der Waals surface area contributed by atoms with E-state index in [0.29, 0.717) is 23.4 Å². The molecule has 1 aliphatic rings. The number of hydrogen-bond donors (Lipinski definition) is 1. The number of carbonyl (C=O) groups excluding carboxylic acids is 1. The zero-order valence-corrected chi connectivity index (χ0v) is 19.8. The topological polar surface area (TPSA) is 101 Å². The van der Waals surface area contributed by atoms with Gasteiger partial charge in [0.25, 0.3) is 10.0 Å². The van der Waals surface area contributed by atoms with Crippen molar-refractivity contribution in [3.8, 4) is 0 Å². The van der Waals surface area contributed by atoms with Crippen LogP contribution >= 0.6 is 11.3 Å². The molecule has 7 nitrogen and oxygen atoms in total. The predicted molar refractivity (Wildman–Crippen MR) is 133 cm³/mol. The van der Waals surface area contributed by atoms with Crippen LogP contribution in [0, 0.1) is 0 Å². The van der Waals surface area contributed by atoms with Crippen molar-refractivity contribution in [2.45, 2.75) is 24.2 Å². The number of rotatable bonds is 6. The molecule has 5 rings (SSSR count). The Morgan fingerprint density at radius 2 is 1.59 bits per heavy atom. The molecule has 0 amide bonds. The predicted octanol–water partition coefficient (Wildman–Crippen LogP) is 5.00. The number of Topliss-reactive ketones (excluding diaryl/α,β-unsaturated/α-hetero) is 1. The van der Waals surface area contributed by atoms with E-state index in [4.69, 9.17) is 4.99 Å². The van der Waals surface area contributed by atoms with Crippen molar-refractivity contribution in [1.29, 1.82) is 0 Å². The fraction of sp³-hybridized carbons (Fsp3) is 0.120. The summed E-state index contributed by atoms with van der Waals surface area (Å²) >= 11 is 1.20. The maximum Gasteiger partial charge on any atom is 0.263 e. The first-order valence-corrected chi connectivity index (χ1v) is 13.0. The molecule has 0 spiro atoms. The second-order valence-electron chi connectivity index (χ2n) is 7.70. The summed E-state index contributed by atoms with van der Waals surface area (Å²) in [5, 5.41) is 8.79. The highest BCUT2D eigenvalue weighted by Gasteiger charge is 2.37. The van der Waals surface area contributed by atoms with E-state index in [2.05, 4.69) is 14.9 Å². The average molecular weight is 489 g/mol. The minimum absolute atomic E-state index is 0.00690. The van der Waals surface area contributed by atoms with Gasteiger partial charge in [0.05, 0.1) is 22.2 Å². The lowest BCUT2D eigenvalue weighted by atomic mass is 9.93. The first-order valence-electron chi connectivity index (χ1n) is 10.7. The van der Waals surface area contributed by atoms with E-state index in [-0.39, 0.29) is 15.8 Å². The maximum atomic E-state index is 13.2. The maximum absolute atomic E-state index is 13.2. The van der Waals surface area contributed by atoms with E-state index >= 15 is 0 Å². The van der Waals surface area contributed by atoms with Crippen molar-refractivity contribution >= 4 is 43.7 Å². The summed E-state index contributed by atoms with van der Waals surface area (Å²) in [4.78, 5) is 18.1. The Hall–Kier alpha value is -3.69. The van der Waals surface area contributed by atoms with Crippen molar-refractivity contribution in [2.75, 3.05) is 4.72 Å². The van der Waals surface area contributed by atoms with Crippen LogP contribution in [0.15, 0.2) is 88.8 Å². The van der Waals surface area contributed by atoms with Gasteiger partial charge in [-0.25, -0.2) is 8.42 Å². The third-order valence-electron chi connectivity index (χ3n) is 5.52.